The Kier molecular flexibility index (Phi) is 8.19. The first-order valence-electron chi connectivity index (χ1n) is 10.1. The molecule has 0 aliphatic carbocycles. The van der Waals surface area contributed by atoms with E-state index in [1.165, 1.54) is 5.19 Å². The molecule has 0 saturated carbocycles. The van der Waals surface area contributed by atoms with Gasteiger partial charge in [-0.3, -0.25) is 9.59 Å². The van der Waals surface area contributed by atoms with Crippen LogP contribution in [-0.4, -0.2) is 47.3 Å². The van der Waals surface area contributed by atoms with Gasteiger partial charge in [0.15, 0.2) is 5.78 Å². The van der Waals surface area contributed by atoms with E-state index in [1.54, 1.807) is 31.4 Å². The second kappa shape index (κ2) is 10.2. The van der Waals surface area contributed by atoms with Crippen LogP contribution in [0.25, 0.3) is 0 Å². The highest BCUT2D eigenvalue weighted by molar-refractivity contribution is 7.90. The largest absolute Gasteiger partial charge is 0.497 e. The first-order valence-corrected chi connectivity index (χ1v) is 15.7. The molecule has 1 unspecified atom stereocenters. The molecule has 1 N–H and O–H groups in total. The molecule has 0 radical (unpaired) electrons. The topological polar surface area (TPSA) is 89.5 Å². The van der Waals surface area contributed by atoms with Crippen molar-refractivity contribution in [1.82, 2.24) is 5.32 Å². The molecule has 2 aromatic carbocycles. The molecule has 8 heteroatoms. The Balaban J connectivity index is 2.21. The number of nitrogens with one attached hydrogen (secondary N) is 1. The maximum atomic E-state index is 13.1. The molecule has 0 bridgehead atoms. The fourth-order valence-electron chi connectivity index (χ4n) is 3.08. The van der Waals surface area contributed by atoms with Crippen LogP contribution in [0.4, 0.5) is 0 Å². The van der Waals surface area contributed by atoms with Crippen LogP contribution >= 0.6 is 0 Å². The maximum Gasteiger partial charge on any atom is 0.221 e. The SMILES string of the molecule is COc1ccc(C(NC(=O)CCS(C)(=O)=O)C(=O)Cc2ccc([Si](C)(C)C)cc2)cc1. The zero-order valence-corrected chi connectivity index (χ0v) is 20.6. The van der Waals surface area contributed by atoms with Crippen LogP contribution in [0.3, 0.4) is 0 Å². The number of rotatable bonds is 10. The molecule has 1 atom stereocenters. The van der Waals surface area contributed by atoms with Crippen LogP contribution in [0.1, 0.15) is 23.6 Å². The summed E-state index contributed by atoms with van der Waals surface area (Å²) in [6.45, 7) is 6.79. The Labute approximate surface area is 185 Å². The van der Waals surface area contributed by atoms with Crippen LogP contribution in [0.2, 0.25) is 19.6 Å². The molecule has 0 fully saturated rings. The van der Waals surface area contributed by atoms with E-state index in [0.29, 0.717) is 11.3 Å². The third kappa shape index (κ3) is 7.95. The Morgan fingerprint density at radius 3 is 2.06 bits per heavy atom. The number of carbonyl (C=O) groups is 2. The molecular weight excluding hydrogens is 430 g/mol. The van der Waals surface area contributed by atoms with Crippen LogP contribution < -0.4 is 15.2 Å². The van der Waals surface area contributed by atoms with E-state index < -0.39 is 29.9 Å². The van der Waals surface area contributed by atoms with Crippen LogP contribution in [0, 0.1) is 0 Å². The lowest BCUT2D eigenvalue weighted by molar-refractivity contribution is -0.127. The Morgan fingerprint density at radius 1 is 1.00 bits per heavy atom. The Bertz CT molecular complexity index is 1010. The van der Waals surface area contributed by atoms with E-state index in [1.807, 2.05) is 12.1 Å². The number of ketones is 1. The van der Waals surface area contributed by atoms with Crippen molar-refractivity contribution in [1.29, 1.82) is 0 Å². The number of amides is 1. The molecular formula is C23H31NO5SSi. The van der Waals surface area contributed by atoms with Crippen molar-refractivity contribution in [2.45, 2.75) is 38.5 Å². The molecule has 0 saturated heterocycles. The van der Waals surface area contributed by atoms with E-state index >= 15 is 0 Å². The average molecular weight is 462 g/mol. The summed E-state index contributed by atoms with van der Waals surface area (Å²) < 4.78 is 27.9. The first kappa shape index (κ1) is 24.8. The molecule has 168 valence electrons. The van der Waals surface area contributed by atoms with Gasteiger partial charge in [-0.2, -0.15) is 0 Å². The number of ether oxygens (including phenoxy) is 1. The van der Waals surface area contributed by atoms with E-state index in [-0.39, 0.29) is 24.4 Å². The normalized spacial score (nSPS) is 12.8. The monoisotopic (exact) mass is 461 g/mol. The molecule has 0 aromatic heterocycles. The summed E-state index contributed by atoms with van der Waals surface area (Å²) in [6, 6.07) is 14.1. The van der Waals surface area contributed by atoms with Crippen molar-refractivity contribution in [2.24, 2.45) is 0 Å². The third-order valence-electron chi connectivity index (χ3n) is 4.97. The fourth-order valence-corrected chi connectivity index (χ4v) is 4.81. The number of Topliss-reactive ketones (excluding diaryl/α,β-unsaturated/α-hetero) is 1. The molecule has 0 aliphatic rings. The van der Waals surface area contributed by atoms with Gasteiger partial charge in [-0.1, -0.05) is 61.2 Å². The predicted octanol–water partition coefficient (Wildman–Crippen LogP) is 2.64. The summed E-state index contributed by atoms with van der Waals surface area (Å²) in [5.74, 6) is -0.270. The highest BCUT2D eigenvalue weighted by atomic mass is 32.2. The van der Waals surface area contributed by atoms with Gasteiger partial charge in [-0.05, 0) is 23.3 Å². The van der Waals surface area contributed by atoms with Gasteiger partial charge in [0.05, 0.1) is 20.9 Å². The lowest BCUT2D eigenvalue weighted by Gasteiger charge is -2.20. The number of benzene rings is 2. The molecule has 2 rings (SSSR count). The molecule has 0 spiro atoms. The smallest absolute Gasteiger partial charge is 0.221 e. The first-order chi connectivity index (χ1) is 14.4. The quantitative estimate of drug-likeness (QED) is 0.550. The van der Waals surface area contributed by atoms with Crippen molar-refractivity contribution in [3.05, 3.63) is 59.7 Å². The van der Waals surface area contributed by atoms with E-state index in [0.717, 1.165) is 11.8 Å². The lowest BCUT2D eigenvalue weighted by atomic mass is 9.97. The summed E-state index contributed by atoms with van der Waals surface area (Å²) in [5, 5.41) is 4.02. The van der Waals surface area contributed by atoms with Crippen molar-refractivity contribution in [3.63, 3.8) is 0 Å². The van der Waals surface area contributed by atoms with E-state index in [2.05, 4.69) is 37.1 Å². The van der Waals surface area contributed by atoms with Gasteiger partial charge in [-0.15, -0.1) is 0 Å². The van der Waals surface area contributed by atoms with Crippen molar-refractivity contribution >= 4 is 34.8 Å². The predicted molar refractivity (Wildman–Crippen MR) is 126 cm³/mol. The average Bonchev–Trinajstić information content (AvgIpc) is 2.70. The van der Waals surface area contributed by atoms with Gasteiger partial charge < -0.3 is 10.1 Å². The Morgan fingerprint density at radius 2 is 1.58 bits per heavy atom. The van der Waals surface area contributed by atoms with Gasteiger partial charge in [-0.25, -0.2) is 8.42 Å². The zero-order chi connectivity index (χ0) is 23.2. The van der Waals surface area contributed by atoms with Crippen molar-refractivity contribution in [3.8, 4) is 5.75 Å². The number of carbonyl (C=O) groups excluding carboxylic acids is 2. The van der Waals surface area contributed by atoms with Crippen molar-refractivity contribution in [2.75, 3.05) is 19.1 Å². The summed E-state index contributed by atoms with van der Waals surface area (Å²) >= 11 is 0. The summed E-state index contributed by atoms with van der Waals surface area (Å²) in [5.41, 5.74) is 1.49. The zero-order valence-electron chi connectivity index (χ0n) is 18.8. The Hall–Kier alpha value is -2.45. The van der Waals surface area contributed by atoms with Crippen LogP contribution in [-0.2, 0) is 25.8 Å². The molecule has 0 aliphatic heterocycles. The van der Waals surface area contributed by atoms with Gasteiger partial charge in [0, 0.05) is 19.1 Å². The minimum atomic E-state index is -3.27. The minimum Gasteiger partial charge on any atom is -0.497 e. The van der Waals surface area contributed by atoms with Gasteiger partial charge in [0.2, 0.25) is 5.91 Å². The molecule has 1 amide bonds. The molecule has 2 aromatic rings. The summed E-state index contributed by atoms with van der Waals surface area (Å²) in [4.78, 5) is 25.5. The second-order valence-electron chi connectivity index (χ2n) is 8.74. The van der Waals surface area contributed by atoms with Crippen LogP contribution in [0.15, 0.2) is 48.5 Å². The van der Waals surface area contributed by atoms with E-state index in [9.17, 15) is 18.0 Å². The lowest BCUT2D eigenvalue weighted by Crippen LogP contribution is -2.37. The van der Waals surface area contributed by atoms with Gasteiger partial charge in [0.1, 0.15) is 21.6 Å². The van der Waals surface area contributed by atoms with E-state index in [4.69, 9.17) is 4.74 Å². The highest BCUT2D eigenvalue weighted by Gasteiger charge is 2.24. The number of methoxy groups -OCH3 is 1. The third-order valence-corrected chi connectivity index (χ3v) is 7.99. The maximum absolute atomic E-state index is 13.1. The number of hydrogen-bond donors (Lipinski definition) is 1. The van der Waals surface area contributed by atoms with Gasteiger partial charge in [0.25, 0.3) is 0 Å². The van der Waals surface area contributed by atoms with Crippen molar-refractivity contribution < 1.29 is 22.7 Å². The fraction of sp³-hybridized carbons (Fsp3) is 0.391. The minimum absolute atomic E-state index is 0.162. The second-order valence-corrected chi connectivity index (χ2v) is 16.1. The highest BCUT2D eigenvalue weighted by Crippen LogP contribution is 2.20. The summed E-state index contributed by atoms with van der Waals surface area (Å²) in [6.07, 6.45) is 1.05. The van der Waals surface area contributed by atoms with Crippen LogP contribution in [0.5, 0.6) is 5.75 Å². The molecule has 6 nitrogen and oxygen atoms in total. The van der Waals surface area contributed by atoms with Gasteiger partial charge >= 0.3 is 0 Å². The molecule has 0 heterocycles. The molecule has 31 heavy (non-hydrogen) atoms. The summed E-state index contributed by atoms with van der Waals surface area (Å²) in [7, 11) is -3.15. The standard InChI is InChI=1S/C23H31NO5SSi/c1-29-19-10-8-18(9-11-19)23(24-22(26)14-15-30(2,27)28)21(25)16-17-6-12-20(13-7-17)31(3,4)5/h6-13,23H,14-16H2,1-5H3,(H,24,26). The number of hydrogen-bond acceptors (Lipinski definition) is 5. The number of sulfone groups is 1.